The monoisotopic (exact) mass is 381 g/mol. The molecule has 0 bridgehead atoms. The summed E-state index contributed by atoms with van der Waals surface area (Å²) in [7, 11) is 0. The lowest BCUT2D eigenvalue weighted by Crippen LogP contribution is -2.57. The third-order valence-corrected chi connectivity index (χ3v) is 5.43. The minimum atomic E-state index is -1.46. The minimum absolute atomic E-state index is 0.0285. The molecule has 28 heavy (non-hydrogen) atoms. The first-order valence-corrected chi connectivity index (χ1v) is 9.10. The van der Waals surface area contributed by atoms with Gasteiger partial charge in [0.25, 0.3) is 0 Å². The Morgan fingerprint density at radius 3 is 2.86 bits per heavy atom. The van der Waals surface area contributed by atoms with Crippen molar-refractivity contribution < 1.29 is 19.4 Å². The fourth-order valence-corrected chi connectivity index (χ4v) is 3.97. The molecule has 2 N–H and O–H groups in total. The number of aliphatic hydroxyl groups excluding tert-OH is 1. The number of benzene rings is 1. The highest BCUT2D eigenvalue weighted by Crippen LogP contribution is 2.37. The van der Waals surface area contributed by atoms with Gasteiger partial charge in [0, 0.05) is 30.9 Å². The number of aromatic nitrogens is 2. The van der Waals surface area contributed by atoms with Crippen molar-refractivity contribution >= 4 is 22.7 Å². The second-order valence-corrected chi connectivity index (χ2v) is 7.20. The second-order valence-electron chi connectivity index (χ2n) is 7.20. The molecule has 0 amide bonds. The maximum Gasteiger partial charge on any atom is 0.314 e. The fourth-order valence-electron chi connectivity index (χ4n) is 3.97. The standard InChI is InChI=1S/C21H20FN3O3/c22-15-4-1-3-14(11-15)12-21(20(27)28)13-25(10-7-18(21)26)19-16-5-2-8-23-17(16)6-9-24-19/h1-6,8-9,11,18,26H,7,10,12-13H2,(H,27,28)/t18-,21+/m0/s1. The molecule has 4 rings (SSSR count). The molecular weight excluding hydrogens is 361 g/mol. The SMILES string of the molecule is O=C(O)[C@]1(Cc2cccc(F)c2)CN(c2nccc3ncccc23)CC[C@@H]1O. The normalized spacial score (nSPS) is 22.4. The van der Waals surface area contributed by atoms with Crippen LogP contribution in [0, 0.1) is 11.2 Å². The van der Waals surface area contributed by atoms with Gasteiger partial charge in [-0.1, -0.05) is 12.1 Å². The van der Waals surface area contributed by atoms with Gasteiger partial charge in [-0.05, 0) is 48.7 Å². The highest BCUT2D eigenvalue weighted by atomic mass is 19.1. The van der Waals surface area contributed by atoms with Gasteiger partial charge >= 0.3 is 5.97 Å². The molecule has 7 heteroatoms. The number of anilines is 1. The van der Waals surface area contributed by atoms with E-state index in [0.717, 1.165) is 10.9 Å². The number of piperidine rings is 1. The lowest BCUT2D eigenvalue weighted by molar-refractivity contribution is -0.157. The van der Waals surface area contributed by atoms with E-state index in [2.05, 4.69) is 9.97 Å². The zero-order valence-electron chi connectivity index (χ0n) is 15.1. The summed E-state index contributed by atoms with van der Waals surface area (Å²) in [5.74, 6) is -0.892. The summed E-state index contributed by atoms with van der Waals surface area (Å²) in [6.45, 7) is 0.543. The van der Waals surface area contributed by atoms with Crippen molar-refractivity contribution in [3.63, 3.8) is 0 Å². The topological polar surface area (TPSA) is 86.5 Å². The van der Waals surface area contributed by atoms with Crippen molar-refractivity contribution in [1.82, 2.24) is 9.97 Å². The van der Waals surface area contributed by atoms with E-state index in [1.165, 1.54) is 12.1 Å². The zero-order chi connectivity index (χ0) is 19.7. The van der Waals surface area contributed by atoms with Crippen LogP contribution < -0.4 is 4.90 Å². The molecular formula is C21H20FN3O3. The van der Waals surface area contributed by atoms with Gasteiger partial charge in [-0.25, -0.2) is 9.37 Å². The van der Waals surface area contributed by atoms with E-state index < -0.39 is 23.3 Å². The van der Waals surface area contributed by atoms with Crippen molar-refractivity contribution in [2.75, 3.05) is 18.0 Å². The van der Waals surface area contributed by atoms with E-state index in [0.29, 0.717) is 17.9 Å². The number of aliphatic hydroxyl groups is 1. The molecule has 2 aromatic heterocycles. The highest BCUT2D eigenvalue weighted by Gasteiger charge is 2.49. The van der Waals surface area contributed by atoms with Crippen LogP contribution in [-0.4, -0.2) is 45.3 Å². The van der Waals surface area contributed by atoms with Crippen LogP contribution in [-0.2, 0) is 11.2 Å². The summed E-state index contributed by atoms with van der Waals surface area (Å²) in [6, 6.07) is 11.4. The second kappa shape index (κ2) is 7.16. The van der Waals surface area contributed by atoms with Crippen molar-refractivity contribution in [1.29, 1.82) is 0 Å². The molecule has 0 aliphatic carbocycles. The summed E-state index contributed by atoms with van der Waals surface area (Å²) in [4.78, 5) is 23.0. The van der Waals surface area contributed by atoms with Gasteiger partial charge in [-0.3, -0.25) is 9.78 Å². The number of carboxylic acid groups (broad SMARTS) is 1. The van der Waals surface area contributed by atoms with E-state index in [9.17, 15) is 19.4 Å². The maximum absolute atomic E-state index is 13.6. The fraction of sp³-hybridized carbons (Fsp3) is 0.286. The van der Waals surface area contributed by atoms with Crippen molar-refractivity contribution in [2.45, 2.75) is 18.9 Å². The molecule has 2 atom stereocenters. The quantitative estimate of drug-likeness (QED) is 0.723. The number of halogens is 1. The third kappa shape index (κ3) is 3.18. The van der Waals surface area contributed by atoms with Gasteiger partial charge < -0.3 is 15.1 Å². The molecule has 1 aromatic carbocycles. The van der Waals surface area contributed by atoms with Crippen LogP contribution in [0.2, 0.25) is 0 Å². The van der Waals surface area contributed by atoms with Gasteiger partial charge in [0.15, 0.2) is 0 Å². The molecule has 144 valence electrons. The van der Waals surface area contributed by atoms with Crippen molar-refractivity contribution in [3.05, 3.63) is 66.2 Å². The molecule has 1 aliphatic heterocycles. The molecule has 6 nitrogen and oxygen atoms in total. The Hall–Kier alpha value is -3.06. The van der Waals surface area contributed by atoms with Gasteiger partial charge in [0.1, 0.15) is 17.1 Å². The predicted octanol–water partition coefficient (Wildman–Crippen LogP) is 2.65. The first kappa shape index (κ1) is 18.3. The largest absolute Gasteiger partial charge is 0.481 e. The molecule has 3 aromatic rings. The lowest BCUT2D eigenvalue weighted by Gasteiger charge is -2.44. The van der Waals surface area contributed by atoms with Crippen LogP contribution in [0.3, 0.4) is 0 Å². The number of nitrogens with zero attached hydrogens (tertiary/aromatic N) is 3. The molecule has 1 fully saturated rings. The number of hydrogen-bond donors (Lipinski definition) is 2. The van der Waals surface area contributed by atoms with Crippen molar-refractivity contribution in [2.24, 2.45) is 5.41 Å². The van der Waals surface area contributed by atoms with E-state index in [1.54, 1.807) is 30.6 Å². The van der Waals surface area contributed by atoms with Gasteiger partial charge in [0.2, 0.25) is 0 Å². The summed E-state index contributed by atoms with van der Waals surface area (Å²) in [5, 5.41) is 21.5. The first-order chi connectivity index (χ1) is 13.5. The number of hydrogen-bond acceptors (Lipinski definition) is 5. The Balaban J connectivity index is 1.73. The van der Waals surface area contributed by atoms with Crippen LogP contribution in [0.4, 0.5) is 10.2 Å². The molecule has 0 radical (unpaired) electrons. The molecule has 0 spiro atoms. The molecule has 3 heterocycles. The molecule has 0 unspecified atom stereocenters. The molecule has 1 saturated heterocycles. The van der Waals surface area contributed by atoms with Gasteiger partial charge in [-0.15, -0.1) is 0 Å². The number of carbonyl (C=O) groups is 1. The Kier molecular flexibility index (Phi) is 4.68. The molecule has 1 aliphatic rings. The van der Waals surface area contributed by atoms with Crippen LogP contribution >= 0.6 is 0 Å². The Morgan fingerprint density at radius 1 is 1.21 bits per heavy atom. The summed E-state index contributed by atoms with van der Waals surface area (Å²) in [5.41, 5.74) is -0.154. The van der Waals surface area contributed by atoms with Gasteiger partial charge in [0.05, 0.1) is 11.6 Å². The van der Waals surface area contributed by atoms with Crippen LogP contribution in [0.5, 0.6) is 0 Å². The van der Waals surface area contributed by atoms with Crippen LogP contribution in [0.1, 0.15) is 12.0 Å². The highest BCUT2D eigenvalue weighted by molar-refractivity contribution is 5.89. The van der Waals surface area contributed by atoms with Crippen LogP contribution in [0.25, 0.3) is 10.9 Å². The smallest absolute Gasteiger partial charge is 0.314 e. The minimum Gasteiger partial charge on any atom is -0.481 e. The van der Waals surface area contributed by atoms with E-state index in [1.807, 2.05) is 17.0 Å². The number of fused-ring (bicyclic) bond motifs is 1. The Morgan fingerprint density at radius 2 is 2.07 bits per heavy atom. The van der Waals surface area contributed by atoms with Gasteiger partial charge in [-0.2, -0.15) is 0 Å². The average Bonchev–Trinajstić information content (AvgIpc) is 2.69. The summed E-state index contributed by atoms with van der Waals surface area (Å²) in [6.07, 6.45) is 2.60. The predicted molar refractivity (Wildman–Crippen MR) is 103 cm³/mol. The van der Waals surface area contributed by atoms with Crippen LogP contribution in [0.15, 0.2) is 54.9 Å². The Bertz CT molecular complexity index is 1020. The summed E-state index contributed by atoms with van der Waals surface area (Å²) >= 11 is 0. The number of pyridine rings is 2. The Labute approximate surface area is 161 Å². The number of aliphatic carboxylic acids is 1. The third-order valence-electron chi connectivity index (χ3n) is 5.43. The first-order valence-electron chi connectivity index (χ1n) is 9.10. The number of carboxylic acids is 1. The van der Waals surface area contributed by atoms with Crippen molar-refractivity contribution in [3.8, 4) is 0 Å². The maximum atomic E-state index is 13.6. The van der Waals surface area contributed by atoms with E-state index >= 15 is 0 Å². The number of rotatable bonds is 4. The average molecular weight is 381 g/mol. The molecule has 0 saturated carbocycles. The van der Waals surface area contributed by atoms with E-state index in [-0.39, 0.29) is 19.4 Å². The zero-order valence-corrected chi connectivity index (χ0v) is 15.1. The van der Waals surface area contributed by atoms with E-state index in [4.69, 9.17) is 0 Å². The lowest BCUT2D eigenvalue weighted by atomic mass is 9.72. The summed E-state index contributed by atoms with van der Waals surface area (Å²) < 4.78 is 13.6.